The van der Waals surface area contributed by atoms with Gasteiger partial charge in [0.2, 0.25) is 0 Å². The zero-order valence-electron chi connectivity index (χ0n) is 4.68. The van der Waals surface area contributed by atoms with Gasteiger partial charge in [-0.2, -0.15) is 4.79 Å². The summed E-state index contributed by atoms with van der Waals surface area (Å²) in [4.78, 5) is 2.88. The highest BCUT2D eigenvalue weighted by molar-refractivity contribution is 7.01. The van der Waals surface area contributed by atoms with Crippen molar-refractivity contribution in [2.75, 3.05) is 0 Å². The molecule has 3 heteroatoms. The van der Waals surface area contributed by atoms with Crippen molar-refractivity contribution < 1.29 is 4.79 Å². The lowest BCUT2D eigenvalue weighted by atomic mass is 11.7. The fourth-order valence-corrected chi connectivity index (χ4v) is 0.469. The van der Waals surface area contributed by atoms with Crippen molar-refractivity contribution in [2.24, 2.45) is 0 Å². The van der Waals surface area contributed by atoms with Crippen LogP contribution in [-0.2, 0) is 0 Å². The van der Waals surface area contributed by atoms with Crippen LogP contribution in [0.5, 0.6) is 0 Å². The first-order valence-corrected chi connectivity index (χ1v) is 5.38. The van der Waals surface area contributed by atoms with Crippen molar-refractivity contribution in [2.45, 2.75) is 13.1 Å². The second-order valence-electron chi connectivity index (χ2n) is 2.23. The van der Waals surface area contributed by atoms with Crippen molar-refractivity contribution in [1.29, 1.82) is 0 Å². The maximum atomic E-state index is 7.97. The van der Waals surface area contributed by atoms with Gasteiger partial charge in [-0.05, 0) is 13.1 Å². The van der Waals surface area contributed by atoms with E-state index in [1.807, 2.05) is 13.1 Å². The highest BCUT2D eigenvalue weighted by Crippen LogP contribution is 1.89. The van der Waals surface area contributed by atoms with Gasteiger partial charge in [-0.25, -0.2) is 0 Å². The van der Waals surface area contributed by atoms with Crippen molar-refractivity contribution in [3.63, 3.8) is 0 Å². The van der Waals surface area contributed by atoms with Crippen LogP contribution in [0.25, 0.3) is 5.53 Å². The van der Waals surface area contributed by atoms with E-state index in [1.54, 1.807) is 0 Å². The van der Waals surface area contributed by atoms with Crippen LogP contribution in [0.4, 0.5) is 0 Å². The van der Waals surface area contributed by atoms with Gasteiger partial charge in [0.25, 0.3) is 5.84 Å². The molecule has 0 radical (unpaired) electrons. The number of nitrogens with zero attached hydrogens (tertiary/aromatic N) is 2. The molecule has 0 rings (SSSR count). The second kappa shape index (κ2) is 1.96. The average molecular weight is 113 g/mol. The lowest BCUT2D eigenvalue weighted by Crippen LogP contribution is -2.23. The fourth-order valence-electron chi connectivity index (χ4n) is 0.156. The number of hydrogen-bond acceptors (Lipinski definition) is 0. The van der Waals surface area contributed by atoms with Crippen LogP contribution in [0, 0.1) is 6.55 Å². The minimum atomic E-state index is -1.45. The van der Waals surface area contributed by atoms with Gasteiger partial charge in [0, 0.05) is 6.55 Å². The van der Waals surface area contributed by atoms with Gasteiger partial charge in [0.1, 0.15) is 0 Å². The average Bonchev–Trinajstić information content (AvgIpc) is 1.30. The molecule has 38 valence electrons. The summed E-state index contributed by atoms with van der Waals surface area (Å²) in [6.45, 7) is 7.78. The summed E-state index contributed by atoms with van der Waals surface area (Å²) in [7, 11) is -1.45. The van der Waals surface area contributed by atoms with Crippen LogP contribution in [0.3, 0.4) is 0 Å². The summed E-state index contributed by atoms with van der Waals surface area (Å²) in [5, 5.41) is 0. The minimum absolute atomic E-state index is 1.45. The van der Waals surface area contributed by atoms with Gasteiger partial charge in [0.15, 0.2) is 0 Å². The monoisotopic (exact) mass is 113 g/mol. The molecule has 0 aromatic rings. The lowest BCUT2D eigenvalue weighted by Gasteiger charge is -1.84. The van der Waals surface area contributed by atoms with E-state index in [-0.39, 0.29) is 0 Å². The molecule has 2 nitrogen and oxygen atoms in total. The zero-order valence-corrected chi connectivity index (χ0v) is 5.68. The summed E-state index contributed by atoms with van der Waals surface area (Å²) in [6.07, 6.45) is 0. The van der Waals surface area contributed by atoms with Gasteiger partial charge in [-0.3, -0.25) is 0 Å². The summed E-state index contributed by atoms with van der Waals surface area (Å²) >= 11 is 0. The Morgan fingerprint density at radius 2 is 2.14 bits per heavy atom. The number of rotatable bonds is 1. The molecule has 0 aliphatic carbocycles. The molecule has 7 heavy (non-hydrogen) atoms. The van der Waals surface area contributed by atoms with Crippen LogP contribution in [-0.4, -0.2) is 18.7 Å². The molecule has 0 bridgehead atoms. The van der Waals surface area contributed by atoms with E-state index in [1.165, 1.54) is 5.84 Å². The van der Waals surface area contributed by atoms with Gasteiger partial charge >= 0.3 is 8.07 Å². The molecule has 0 aliphatic rings. The SMILES string of the molecule is [CH2+][Si](C)(C)C=[N+]=[N-]. The largest absolute Gasteiger partial charge is 0.375 e. The minimum Gasteiger partial charge on any atom is -0.362 e. The Morgan fingerprint density at radius 1 is 1.71 bits per heavy atom. The normalized spacial score (nSPS) is 10.0. The molecule has 0 saturated heterocycles. The van der Waals surface area contributed by atoms with Gasteiger partial charge < -0.3 is 5.53 Å². The molecule has 0 fully saturated rings. The fraction of sp³-hybridized carbons (Fsp3) is 0.500. The number of hydrogen-bond donors (Lipinski definition) is 0. The Bertz CT molecular complexity index is 96.7. The zero-order chi connectivity index (χ0) is 5.91. The summed E-state index contributed by atoms with van der Waals surface area (Å²) in [5.41, 5.74) is 7.97. The van der Waals surface area contributed by atoms with Crippen molar-refractivity contribution in [1.82, 2.24) is 0 Å². The molecular formula is C4H9N2Si+. The van der Waals surface area contributed by atoms with Gasteiger partial charge in [0.05, 0.1) is 0 Å². The predicted octanol–water partition coefficient (Wildman–Crippen LogP) is 0.908. The van der Waals surface area contributed by atoms with E-state index in [0.29, 0.717) is 0 Å². The van der Waals surface area contributed by atoms with Crippen molar-refractivity contribution in [3.05, 3.63) is 12.1 Å². The smallest absolute Gasteiger partial charge is 0.362 e. The maximum absolute atomic E-state index is 7.97. The molecule has 0 amide bonds. The molecule has 0 spiro atoms. The Labute approximate surface area is 44.8 Å². The van der Waals surface area contributed by atoms with Crippen LogP contribution in [0.2, 0.25) is 13.1 Å². The van der Waals surface area contributed by atoms with Crippen LogP contribution >= 0.6 is 0 Å². The van der Waals surface area contributed by atoms with E-state index >= 15 is 0 Å². The summed E-state index contributed by atoms with van der Waals surface area (Å²) in [5.74, 6) is 1.52. The molecular weight excluding hydrogens is 104 g/mol. The topological polar surface area (TPSA) is 36.4 Å². The third-order valence-electron chi connectivity index (χ3n) is 0.407. The third-order valence-corrected chi connectivity index (χ3v) is 1.22. The standard InChI is InChI=1S/C4H9N2Si/c1-7(2,3)4-6-5/h4H,1H2,2-3H3/q+1. The third kappa shape index (κ3) is 5.47. The Kier molecular flexibility index (Phi) is 1.81. The molecule has 0 N–H and O–H groups in total. The Balaban J connectivity index is 3.80. The van der Waals surface area contributed by atoms with Crippen molar-refractivity contribution in [3.8, 4) is 0 Å². The first kappa shape index (κ1) is 6.47. The Morgan fingerprint density at radius 3 is 2.14 bits per heavy atom. The highest BCUT2D eigenvalue weighted by Gasteiger charge is 2.27. The van der Waals surface area contributed by atoms with Gasteiger partial charge in [-0.15, -0.1) is 0 Å². The van der Waals surface area contributed by atoms with Crippen LogP contribution in [0.1, 0.15) is 0 Å². The molecule has 0 aromatic heterocycles. The van der Waals surface area contributed by atoms with Crippen LogP contribution < -0.4 is 0 Å². The molecule has 0 atom stereocenters. The predicted molar refractivity (Wildman–Crippen MR) is 32.5 cm³/mol. The van der Waals surface area contributed by atoms with E-state index in [0.717, 1.165) is 0 Å². The molecule has 0 aromatic carbocycles. The van der Waals surface area contributed by atoms with E-state index in [4.69, 9.17) is 5.53 Å². The van der Waals surface area contributed by atoms with E-state index in [9.17, 15) is 0 Å². The summed E-state index contributed by atoms with van der Waals surface area (Å²) in [6, 6.07) is 0. The van der Waals surface area contributed by atoms with Gasteiger partial charge in [-0.1, -0.05) is 0 Å². The van der Waals surface area contributed by atoms with Crippen LogP contribution in [0.15, 0.2) is 0 Å². The van der Waals surface area contributed by atoms with Crippen molar-refractivity contribution >= 4 is 13.9 Å². The lowest BCUT2D eigenvalue weighted by molar-refractivity contribution is 0.00686. The first-order valence-electron chi connectivity index (χ1n) is 2.10. The second-order valence-corrected chi connectivity index (χ2v) is 6.47. The molecule has 0 unspecified atom stereocenters. The molecule has 0 saturated carbocycles. The first-order chi connectivity index (χ1) is 3.06. The Hall–Kier alpha value is -0.533. The molecule has 0 aliphatic heterocycles. The highest BCUT2D eigenvalue weighted by atomic mass is 28.3. The summed E-state index contributed by atoms with van der Waals surface area (Å²) < 4.78 is 0. The maximum Gasteiger partial charge on any atom is 0.375 e. The van der Waals surface area contributed by atoms with E-state index < -0.39 is 8.07 Å². The quantitative estimate of drug-likeness (QED) is 0.159. The van der Waals surface area contributed by atoms with E-state index in [2.05, 4.69) is 11.3 Å². The molecule has 0 heterocycles.